The zero-order valence-corrected chi connectivity index (χ0v) is 12.3. The molecule has 3 rings (SSSR count). The molecule has 0 atom stereocenters. The zero-order valence-electron chi connectivity index (χ0n) is 12.3. The molecule has 0 aliphatic heterocycles. The van der Waals surface area contributed by atoms with Crippen LogP contribution in [0.15, 0.2) is 35.1 Å². The van der Waals surface area contributed by atoms with E-state index in [4.69, 9.17) is 0 Å². The van der Waals surface area contributed by atoms with Crippen LogP contribution in [-0.2, 0) is 12.8 Å². The number of aryl methyl sites for hydroxylation is 2. The van der Waals surface area contributed by atoms with Gasteiger partial charge in [-0.15, -0.1) is 5.10 Å². The fourth-order valence-corrected chi connectivity index (χ4v) is 2.49. The molecule has 1 N–H and O–H groups in total. The van der Waals surface area contributed by atoms with Gasteiger partial charge in [0, 0.05) is 12.0 Å². The van der Waals surface area contributed by atoms with Gasteiger partial charge < -0.3 is 4.98 Å². The van der Waals surface area contributed by atoms with Crippen molar-refractivity contribution >= 4 is 5.52 Å². The molecule has 0 unspecified atom stereocenters. The van der Waals surface area contributed by atoms with Crippen molar-refractivity contribution in [3.05, 3.63) is 52.2 Å². The maximum Gasteiger partial charge on any atom is 0.277 e. The molecule has 1 aromatic carbocycles. The van der Waals surface area contributed by atoms with E-state index in [9.17, 15) is 4.79 Å². The Bertz CT molecular complexity index is 817. The number of nitrogens with one attached hydrogen (secondary N) is 1. The lowest BCUT2D eigenvalue weighted by Crippen LogP contribution is -2.15. The fourth-order valence-electron chi connectivity index (χ4n) is 2.49. The summed E-state index contributed by atoms with van der Waals surface area (Å²) in [6, 6.07) is 9.66. The fraction of sp³-hybridized carbons (Fsp3) is 0.312. The third-order valence-electron chi connectivity index (χ3n) is 3.50. The number of fused-ring (bicyclic) bond motifs is 1. The van der Waals surface area contributed by atoms with Crippen LogP contribution in [0.25, 0.3) is 16.9 Å². The molecule has 2 aromatic heterocycles. The summed E-state index contributed by atoms with van der Waals surface area (Å²) in [6.45, 7) is 4.10. The van der Waals surface area contributed by atoms with Gasteiger partial charge in [0.15, 0.2) is 11.3 Å². The topological polar surface area (TPSA) is 63.0 Å². The highest BCUT2D eigenvalue weighted by atomic mass is 16.1. The average molecular weight is 282 g/mol. The monoisotopic (exact) mass is 282 g/mol. The molecule has 5 nitrogen and oxygen atoms in total. The molecule has 0 radical (unpaired) electrons. The summed E-state index contributed by atoms with van der Waals surface area (Å²) in [6.07, 6.45) is 2.51. The summed E-state index contributed by atoms with van der Waals surface area (Å²) in [7, 11) is 0. The number of aromatic amines is 1. The highest BCUT2D eigenvalue weighted by molar-refractivity contribution is 5.57. The smallest absolute Gasteiger partial charge is 0.277 e. The highest BCUT2D eigenvalue weighted by Gasteiger charge is 2.15. The number of benzene rings is 1. The van der Waals surface area contributed by atoms with Crippen molar-refractivity contribution in [1.82, 2.24) is 19.6 Å². The van der Waals surface area contributed by atoms with Crippen molar-refractivity contribution in [2.24, 2.45) is 0 Å². The largest absolute Gasteiger partial charge is 0.303 e. The maximum absolute atomic E-state index is 12.4. The summed E-state index contributed by atoms with van der Waals surface area (Å²) >= 11 is 0. The van der Waals surface area contributed by atoms with E-state index in [0.717, 1.165) is 36.3 Å². The summed E-state index contributed by atoms with van der Waals surface area (Å²) in [4.78, 5) is 19.9. The molecule has 0 bridgehead atoms. The highest BCUT2D eigenvalue weighted by Crippen LogP contribution is 2.15. The van der Waals surface area contributed by atoms with E-state index in [0.29, 0.717) is 11.3 Å². The van der Waals surface area contributed by atoms with Gasteiger partial charge in [0.25, 0.3) is 5.56 Å². The predicted octanol–water partition coefficient (Wildman–Crippen LogP) is 2.60. The minimum Gasteiger partial charge on any atom is -0.303 e. The Kier molecular flexibility index (Phi) is 3.56. The molecule has 0 aliphatic carbocycles. The van der Waals surface area contributed by atoms with Gasteiger partial charge in [-0.1, -0.05) is 44.2 Å². The molecular formula is C16H18N4O. The number of imidazole rings is 1. The van der Waals surface area contributed by atoms with E-state index in [1.165, 1.54) is 0 Å². The molecule has 0 spiro atoms. The summed E-state index contributed by atoms with van der Waals surface area (Å²) in [5.74, 6) is 1.43. The summed E-state index contributed by atoms with van der Waals surface area (Å²) < 4.78 is 1.71. The molecule has 0 amide bonds. The van der Waals surface area contributed by atoms with Gasteiger partial charge in [0.2, 0.25) is 0 Å². The minimum absolute atomic E-state index is 0.129. The van der Waals surface area contributed by atoms with Crippen LogP contribution in [0.2, 0.25) is 0 Å². The number of aromatic nitrogens is 4. The van der Waals surface area contributed by atoms with Crippen molar-refractivity contribution in [2.45, 2.75) is 33.1 Å². The second kappa shape index (κ2) is 5.52. The zero-order chi connectivity index (χ0) is 14.8. The van der Waals surface area contributed by atoms with Gasteiger partial charge in [0.1, 0.15) is 5.82 Å². The molecule has 21 heavy (non-hydrogen) atoms. The number of H-pyrrole nitrogens is 1. The van der Waals surface area contributed by atoms with E-state index >= 15 is 0 Å². The molecular weight excluding hydrogens is 264 g/mol. The average Bonchev–Trinajstić information content (AvgIpc) is 2.87. The normalized spacial score (nSPS) is 11.1. The summed E-state index contributed by atoms with van der Waals surface area (Å²) in [5.41, 5.74) is 2.15. The lowest BCUT2D eigenvalue weighted by atomic mass is 10.2. The third kappa shape index (κ3) is 2.35. The van der Waals surface area contributed by atoms with E-state index in [-0.39, 0.29) is 5.56 Å². The molecule has 3 aromatic rings. The first-order chi connectivity index (χ1) is 10.2. The van der Waals surface area contributed by atoms with Crippen LogP contribution in [-0.4, -0.2) is 19.6 Å². The molecule has 0 saturated heterocycles. The van der Waals surface area contributed by atoms with Crippen LogP contribution in [0.3, 0.4) is 0 Å². The van der Waals surface area contributed by atoms with Gasteiger partial charge in [-0.25, -0.2) is 9.50 Å². The van der Waals surface area contributed by atoms with Crippen molar-refractivity contribution in [3.8, 4) is 11.4 Å². The first kappa shape index (κ1) is 13.5. The number of rotatable bonds is 4. The Balaban J connectivity index is 2.27. The van der Waals surface area contributed by atoms with Crippen LogP contribution in [0.1, 0.15) is 31.8 Å². The first-order valence-electron chi connectivity index (χ1n) is 7.30. The van der Waals surface area contributed by atoms with Gasteiger partial charge >= 0.3 is 0 Å². The minimum atomic E-state index is -0.129. The Hall–Kier alpha value is -2.43. The molecule has 2 heterocycles. The van der Waals surface area contributed by atoms with Gasteiger partial charge in [-0.3, -0.25) is 4.79 Å². The lowest BCUT2D eigenvalue weighted by Gasteiger charge is -2.03. The van der Waals surface area contributed by atoms with E-state index in [1.54, 1.807) is 4.52 Å². The molecule has 0 saturated carbocycles. The Labute approximate surface area is 122 Å². The number of nitrogens with zero attached hydrogens (tertiary/aromatic N) is 3. The maximum atomic E-state index is 12.4. The lowest BCUT2D eigenvalue weighted by molar-refractivity contribution is 0.765. The molecule has 0 aliphatic rings. The van der Waals surface area contributed by atoms with Crippen LogP contribution >= 0.6 is 0 Å². The summed E-state index contributed by atoms with van der Waals surface area (Å²) in [5, 5.41) is 4.59. The van der Waals surface area contributed by atoms with Gasteiger partial charge in [-0.2, -0.15) is 0 Å². The predicted molar refractivity (Wildman–Crippen MR) is 82.4 cm³/mol. The van der Waals surface area contributed by atoms with Crippen molar-refractivity contribution < 1.29 is 0 Å². The van der Waals surface area contributed by atoms with Crippen LogP contribution in [0.5, 0.6) is 0 Å². The quantitative estimate of drug-likeness (QED) is 0.800. The third-order valence-corrected chi connectivity index (χ3v) is 3.50. The Morgan fingerprint density at radius 2 is 1.95 bits per heavy atom. The second-order valence-corrected chi connectivity index (χ2v) is 5.01. The van der Waals surface area contributed by atoms with E-state index in [1.807, 2.05) is 37.3 Å². The van der Waals surface area contributed by atoms with E-state index in [2.05, 4.69) is 22.0 Å². The van der Waals surface area contributed by atoms with Crippen molar-refractivity contribution in [2.75, 3.05) is 0 Å². The van der Waals surface area contributed by atoms with Gasteiger partial charge in [-0.05, 0) is 12.8 Å². The van der Waals surface area contributed by atoms with E-state index < -0.39 is 0 Å². The Morgan fingerprint density at radius 1 is 1.19 bits per heavy atom. The molecule has 5 heteroatoms. The first-order valence-corrected chi connectivity index (χ1v) is 7.30. The molecule has 0 fully saturated rings. The van der Waals surface area contributed by atoms with Crippen LogP contribution in [0.4, 0.5) is 0 Å². The van der Waals surface area contributed by atoms with Crippen LogP contribution in [0, 0.1) is 0 Å². The number of hydrogen-bond acceptors (Lipinski definition) is 3. The van der Waals surface area contributed by atoms with Crippen LogP contribution < -0.4 is 5.56 Å². The number of hydrogen-bond donors (Lipinski definition) is 1. The SMILES string of the molecule is CCCc1nc(CC)c2c(=O)[nH]c(-c3ccccc3)nn12. The Morgan fingerprint density at radius 3 is 2.62 bits per heavy atom. The van der Waals surface area contributed by atoms with Crippen molar-refractivity contribution in [1.29, 1.82) is 0 Å². The molecule has 108 valence electrons. The van der Waals surface area contributed by atoms with Crippen molar-refractivity contribution in [3.63, 3.8) is 0 Å². The van der Waals surface area contributed by atoms with Gasteiger partial charge in [0.05, 0.1) is 5.69 Å². The second-order valence-electron chi connectivity index (χ2n) is 5.01. The standard InChI is InChI=1S/C16H18N4O/c1-3-8-13-17-12(4-2)14-16(21)18-15(19-20(13)14)11-9-6-5-7-10-11/h5-7,9-10H,3-4,8H2,1-2H3,(H,18,19,21).